The van der Waals surface area contributed by atoms with Crippen LogP contribution in [0, 0.1) is 5.82 Å². The number of carbonyl (C=O) groups is 1. The van der Waals surface area contributed by atoms with Gasteiger partial charge in [0.05, 0.1) is 18.7 Å². The number of esters is 1. The lowest BCUT2D eigenvalue weighted by atomic mass is 10.2. The number of hydrogen-bond donors (Lipinski definition) is 0. The lowest BCUT2D eigenvalue weighted by Crippen LogP contribution is -2.35. The van der Waals surface area contributed by atoms with Crippen LogP contribution in [0.4, 0.5) is 4.39 Å². The third-order valence-electron chi connectivity index (χ3n) is 2.66. The van der Waals surface area contributed by atoms with Crippen LogP contribution >= 0.6 is 11.6 Å². The zero-order chi connectivity index (χ0) is 13.7. The van der Waals surface area contributed by atoms with E-state index >= 15 is 0 Å². The Morgan fingerprint density at radius 2 is 2.17 bits per heavy atom. The first-order chi connectivity index (χ1) is 8.43. The molecule has 5 heteroatoms. The van der Waals surface area contributed by atoms with Gasteiger partial charge in [-0.15, -0.1) is 0 Å². The maximum Gasteiger partial charge on any atom is 0.319 e. The van der Waals surface area contributed by atoms with E-state index in [4.69, 9.17) is 11.6 Å². The summed E-state index contributed by atoms with van der Waals surface area (Å²) >= 11 is 5.72. The number of rotatable bonds is 5. The molecule has 0 atom stereocenters. The van der Waals surface area contributed by atoms with E-state index in [1.807, 2.05) is 18.7 Å². The van der Waals surface area contributed by atoms with Gasteiger partial charge in [-0.2, -0.15) is 0 Å². The quantitative estimate of drug-likeness (QED) is 0.773. The van der Waals surface area contributed by atoms with Crippen LogP contribution in [0.15, 0.2) is 18.2 Å². The fraction of sp³-hybridized carbons (Fsp3) is 0.462. The molecule has 3 nitrogen and oxygen atoms in total. The Balaban J connectivity index is 2.76. The minimum absolute atomic E-state index is 0.0919. The van der Waals surface area contributed by atoms with Gasteiger partial charge in [-0.25, -0.2) is 4.39 Å². The molecule has 0 amide bonds. The molecule has 1 aromatic carbocycles. The van der Waals surface area contributed by atoms with Crippen molar-refractivity contribution in [3.63, 3.8) is 0 Å². The standard InChI is InChI=1S/C13H17ClFNO2/c1-9(2)16(8-13(17)18-3)7-10-4-5-12(15)11(14)6-10/h4-6,9H,7-8H2,1-3H3. The number of benzene rings is 1. The molecule has 0 heterocycles. The normalized spacial score (nSPS) is 11.1. The molecule has 0 N–H and O–H groups in total. The van der Waals surface area contributed by atoms with Crippen molar-refractivity contribution in [2.75, 3.05) is 13.7 Å². The predicted molar refractivity (Wildman–Crippen MR) is 69.0 cm³/mol. The first-order valence-corrected chi connectivity index (χ1v) is 6.06. The second-order valence-corrected chi connectivity index (χ2v) is 4.73. The first-order valence-electron chi connectivity index (χ1n) is 5.68. The summed E-state index contributed by atoms with van der Waals surface area (Å²) in [5.74, 6) is -0.735. The SMILES string of the molecule is COC(=O)CN(Cc1ccc(F)c(Cl)c1)C(C)C. The zero-order valence-corrected chi connectivity index (χ0v) is 11.5. The molecule has 0 aromatic heterocycles. The van der Waals surface area contributed by atoms with Gasteiger partial charge in [0.25, 0.3) is 0 Å². The Morgan fingerprint density at radius 3 is 2.67 bits per heavy atom. The highest BCUT2D eigenvalue weighted by atomic mass is 35.5. The van der Waals surface area contributed by atoms with E-state index in [9.17, 15) is 9.18 Å². The van der Waals surface area contributed by atoms with E-state index < -0.39 is 5.82 Å². The largest absolute Gasteiger partial charge is 0.468 e. The van der Waals surface area contributed by atoms with Crippen molar-refractivity contribution in [2.24, 2.45) is 0 Å². The van der Waals surface area contributed by atoms with E-state index in [-0.39, 0.29) is 23.6 Å². The fourth-order valence-corrected chi connectivity index (χ4v) is 1.73. The lowest BCUT2D eigenvalue weighted by molar-refractivity contribution is -0.142. The molecule has 1 rings (SSSR count). The Hall–Kier alpha value is -1.13. The third-order valence-corrected chi connectivity index (χ3v) is 2.95. The number of methoxy groups -OCH3 is 1. The molecular formula is C13H17ClFNO2. The Bertz CT molecular complexity index is 423. The second-order valence-electron chi connectivity index (χ2n) is 4.32. The topological polar surface area (TPSA) is 29.5 Å². The average Bonchev–Trinajstić information content (AvgIpc) is 2.32. The predicted octanol–water partition coefficient (Wildman–Crippen LogP) is 2.86. The van der Waals surface area contributed by atoms with Gasteiger partial charge in [0.2, 0.25) is 0 Å². The Labute approximate surface area is 111 Å². The molecule has 0 fully saturated rings. The number of nitrogens with zero attached hydrogens (tertiary/aromatic N) is 1. The van der Waals surface area contributed by atoms with Gasteiger partial charge in [0, 0.05) is 12.6 Å². The molecule has 0 unspecified atom stereocenters. The summed E-state index contributed by atoms with van der Waals surface area (Å²) in [5, 5.41) is 0.0919. The van der Waals surface area contributed by atoms with Crippen LogP contribution in [0.1, 0.15) is 19.4 Å². The van der Waals surface area contributed by atoms with Crippen LogP contribution in [0.2, 0.25) is 5.02 Å². The lowest BCUT2D eigenvalue weighted by Gasteiger charge is -2.25. The highest BCUT2D eigenvalue weighted by molar-refractivity contribution is 6.30. The first kappa shape index (κ1) is 14.9. The van der Waals surface area contributed by atoms with Crippen LogP contribution in [0.25, 0.3) is 0 Å². The molecular weight excluding hydrogens is 257 g/mol. The average molecular weight is 274 g/mol. The molecule has 0 aliphatic rings. The van der Waals surface area contributed by atoms with Crippen LogP contribution < -0.4 is 0 Å². The molecule has 0 saturated heterocycles. The Morgan fingerprint density at radius 1 is 1.50 bits per heavy atom. The summed E-state index contributed by atoms with van der Waals surface area (Å²) in [7, 11) is 1.36. The summed E-state index contributed by atoms with van der Waals surface area (Å²) < 4.78 is 17.7. The molecule has 100 valence electrons. The molecule has 0 radical (unpaired) electrons. The fourth-order valence-electron chi connectivity index (χ4n) is 1.52. The number of ether oxygens (including phenoxy) is 1. The molecule has 18 heavy (non-hydrogen) atoms. The summed E-state index contributed by atoms with van der Waals surface area (Å²) in [6, 6.07) is 4.74. The highest BCUT2D eigenvalue weighted by Gasteiger charge is 2.15. The van der Waals surface area contributed by atoms with Crippen molar-refractivity contribution >= 4 is 17.6 Å². The molecule has 0 spiro atoms. The van der Waals surface area contributed by atoms with Crippen molar-refractivity contribution in [3.8, 4) is 0 Å². The Kier molecular flexibility index (Phi) is 5.56. The van der Waals surface area contributed by atoms with Crippen molar-refractivity contribution in [1.29, 1.82) is 0 Å². The van der Waals surface area contributed by atoms with Crippen LogP contribution in [0.5, 0.6) is 0 Å². The smallest absolute Gasteiger partial charge is 0.319 e. The highest BCUT2D eigenvalue weighted by Crippen LogP contribution is 2.18. The minimum atomic E-state index is -0.440. The van der Waals surface area contributed by atoms with Gasteiger partial charge in [-0.05, 0) is 31.5 Å². The van der Waals surface area contributed by atoms with E-state index in [1.54, 1.807) is 12.1 Å². The number of hydrogen-bond acceptors (Lipinski definition) is 3. The van der Waals surface area contributed by atoms with Crippen LogP contribution in [-0.4, -0.2) is 30.6 Å². The number of carbonyl (C=O) groups excluding carboxylic acids is 1. The van der Waals surface area contributed by atoms with E-state index in [1.165, 1.54) is 13.2 Å². The minimum Gasteiger partial charge on any atom is -0.468 e. The van der Waals surface area contributed by atoms with Crippen molar-refractivity contribution in [2.45, 2.75) is 26.4 Å². The van der Waals surface area contributed by atoms with Gasteiger partial charge in [0.1, 0.15) is 5.82 Å². The van der Waals surface area contributed by atoms with Crippen molar-refractivity contribution in [1.82, 2.24) is 4.90 Å². The van der Waals surface area contributed by atoms with Crippen molar-refractivity contribution in [3.05, 3.63) is 34.6 Å². The maximum absolute atomic E-state index is 13.0. The van der Waals surface area contributed by atoms with Gasteiger partial charge < -0.3 is 4.74 Å². The number of halogens is 2. The van der Waals surface area contributed by atoms with Crippen LogP contribution in [0.3, 0.4) is 0 Å². The van der Waals surface area contributed by atoms with Crippen LogP contribution in [-0.2, 0) is 16.1 Å². The molecule has 0 saturated carbocycles. The van der Waals surface area contributed by atoms with E-state index in [0.717, 1.165) is 5.56 Å². The summed E-state index contributed by atoms with van der Waals surface area (Å²) in [6.45, 7) is 4.68. The van der Waals surface area contributed by atoms with E-state index in [2.05, 4.69) is 4.74 Å². The molecule has 1 aromatic rings. The maximum atomic E-state index is 13.0. The summed E-state index contributed by atoms with van der Waals surface area (Å²) in [4.78, 5) is 13.2. The van der Waals surface area contributed by atoms with Crippen molar-refractivity contribution < 1.29 is 13.9 Å². The van der Waals surface area contributed by atoms with Gasteiger partial charge >= 0.3 is 5.97 Å². The zero-order valence-electron chi connectivity index (χ0n) is 10.7. The van der Waals surface area contributed by atoms with Gasteiger partial charge in [0.15, 0.2) is 0 Å². The van der Waals surface area contributed by atoms with Gasteiger partial charge in [-0.3, -0.25) is 9.69 Å². The third kappa shape index (κ3) is 4.27. The molecule has 0 bridgehead atoms. The summed E-state index contributed by atoms with van der Waals surface area (Å²) in [5.41, 5.74) is 0.860. The summed E-state index contributed by atoms with van der Waals surface area (Å²) in [6.07, 6.45) is 0. The second kappa shape index (κ2) is 6.71. The monoisotopic (exact) mass is 273 g/mol. The molecule has 0 aliphatic heterocycles. The van der Waals surface area contributed by atoms with E-state index in [0.29, 0.717) is 6.54 Å². The molecule has 0 aliphatic carbocycles. The van der Waals surface area contributed by atoms with Gasteiger partial charge in [-0.1, -0.05) is 17.7 Å².